The zero-order valence-corrected chi connectivity index (χ0v) is 23.3. The number of rotatable bonds is 10. The molecule has 0 heterocycles. The Morgan fingerprint density at radius 2 is 1.44 bits per heavy atom. The molecule has 0 radical (unpaired) electrons. The molecule has 1 aliphatic carbocycles. The van der Waals surface area contributed by atoms with Gasteiger partial charge in [0.05, 0.1) is 5.92 Å². The number of hydrogen-bond donors (Lipinski definition) is 0. The minimum Gasteiger partial charge on any atom is -0.460 e. The first-order valence-corrected chi connectivity index (χ1v) is 14.8. The standard InChI is InChI=1S/C30H44O3Si/c1-23(28(31)33-29(2,3)4)15-14-16-24-21-25(24)22-32-34(30(5,6)7,26-17-10-8-11-18-26)27-19-12-9-13-20-27/h8-13,17-20,23-25H,14-16,21-22H2,1-7H3/t23?,24-,25-/m1/s1. The van der Waals surface area contributed by atoms with Crippen LogP contribution in [0.1, 0.15) is 74.1 Å². The van der Waals surface area contributed by atoms with Crippen LogP contribution in [-0.2, 0) is 14.0 Å². The number of esters is 1. The van der Waals surface area contributed by atoms with Crippen molar-refractivity contribution in [2.45, 2.75) is 84.8 Å². The van der Waals surface area contributed by atoms with Gasteiger partial charge in [0.15, 0.2) is 0 Å². The SMILES string of the molecule is CC(CCC[C@@H]1C[C@@H]1CO[Si](c1ccccc1)(c1ccccc1)C(C)(C)C)C(=O)OC(C)(C)C. The average molecular weight is 481 g/mol. The summed E-state index contributed by atoms with van der Waals surface area (Å²) in [5.74, 6) is 1.22. The van der Waals surface area contributed by atoms with Gasteiger partial charge in [-0.3, -0.25) is 4.79 Å². The first kappa shape index (κ1) is 26.7. The lowest BCUT2D eigenvalue weighted by molar-refractivity contribution is -0.159. The molecule has 0 saturated heterocycles. The predicted octanol–water partition coefficient (Wildman–Crippen LogP) is 6.35. The molecular weight excluding hydrogens is 436 g/mol. The van der Waals surface area contributed by atoms with E-state index in [4.69, 9.17) is 9.16 Å². The van der Waals surface area contributed by atoms with Crippen LogP contribution in [0.3, 0.4) is 0 Å². The van der Waals surface area contributed by atoms with E-state index in [0.717, 1.165) is 19.4 Å². The summed E-state index contributed by atoms with van der Waals surface area (Å²) in [7, 11) is -2.45. The van der Waals surface area contributed by atoms with Crippen LogP contribution < -0.4 is 10.4 Å². The summed E-state index contributed by atoms with van der Waals surface area (Å²) in [6.45, 7) is 15.6. The molecule has 34 heavy (non-hydrogen) atoms. The number of carbonyl (C=O) groups excluding carboxylic acids is 1. The van der Waals surface area contributed by atoms with Crippen molar-refractivity contribution in [3.8, 4) is 0 Å². The molecule has 2 aromatic rings. The van der Waals surface area contributed by atoms with Gasteiger partial charge in [0.25, 0.3) is 8.32 Å². The Morgan fingerprint density at radius 3 is 1.91 bits per heavy atom. The van der Waals surface area contributed by atoms with Gasteiger partial charge in [-0.25, -0.2) is 0 Å². The van der Waals surface area contributed by atoms with E-state index in [0.29, 0.717) is 11.8 Å². The lowest BCUT2D eigenvalue weighted by atomic mass is 10.0. The third kappa shape index (κ3) is 6.60. The molecule has 3 atom stereocenters. The Kier molecular flexibility index (Phi) is 8.46. The summed E-state index contributed by atoms with van der Waals surface area (Å²) in [6, 6.07) is 21.8. The van der Waals surface area contributed by atoms with Gasteiger partial charge < -0.3 is 9.16 Å². The molecule has 1 unspecified atom stereocenters. The first-order chi connectivity index (χ1) is 15.9. The van der Waals surface area contributed by atoms with E-state index >= 15 is 0 Å². The minimum absolute atomic E-state index is 0.0168. The molecular formula is C30H44O3Si. The fourth-order valence-electron chi connectivity index (χ4n) is 5.07. The van der Waals surface area contributed by atoms with Crippen molar-refractivity contribution < 1.29 is 14.0 Å². The lowest BCUT2D eigenvalue weighted by Gasteiger charge is -2.43. The van der Waals surface area contributed by atoms with Crippen LogP contribution in [0.4, 0.5) is 0 Å². The Labute approximate surface area is 208 Å². The largest absolute Gasteiger partial charge is 0.460 e. The summed E-state index contributed by atoms with van der Waals surface area (Å²) < 4.78 is 12.6. The monoisotopic (exact) mass is 480 g/mol. The van der Waals surface area contributed by atoms with E-state index in [2.05, 4.69) is 81.4 Å². The third-order valence-corrected chi connectivity index (χ3v) is 12.0. The number of hydrogen-bond acceptors (Lipinski definition) is 3. The smallest absolute Gasteiger partial charge is 0.309 e. The quantitative estimate of drug-likeness (QED) is 0.294. The van der Waals surface area contributed by atoms with Gasteiger partial charge in [-0.1, -0.05) is 101 Å². The fraction of sp³-hybridized carbons (Fsp3) is 0.567. The number of carbonyl (C=O) groups is 1. The first-order valence-electron chi connectivity index (χ1n) is 12.9. The maximum atomic E-state index is 12.3. The molecule has 0 aliphatic heterocycles. The summed E-state index contributed by atoms with van der Waals surface area (Å²) in [6.07, 6.45) is 4.37. The molecule has 3 nitrogen and oxygen atoms in total. The van der Waals surface area contributed by atoms with Crippen molar-refractivity contribution in [1.29, 1.82) is 0 Å². The van der Waals surface area contributed by atoms with E-state index in [-0.39, 0.29) is 16.9 Å². The highest BCUT2D eigenvalue weighted by atomic mass is 28.4. The van der Waals surface area contributed by atoms with E-state index in [9.17, 15) is 4.79 Å². The number of benzene rings is 2. The van der Waals surface area contributed by atoms with Crippen LogP contribution in [0.5, 0.6) is 0 Å². The molecule has 0 aromatic heterocycles. The van der Waals surface area contributed by atoms with Crippen molar-refractivity contribution >= 4 is 24.7 Å². The summed E-state index contributed by atoms with van der Waals surface area (Å²) >= 11 is 0. The molecule has 0 spiro atoms. The summed E-state index contributed by atoms with van der Waals surface area (Å²) in [5.41, 5.74) is -0.411. The Bertz CT molecular complexity index is 872. The van der Waals surface area contributed by atoms with Crippen LogP contribution in [0.15, 0.2) is 60.7 Å². The second kappa shape index (κ2) is 10.8. The molecule has 1 aliphatic rings. The van der Waals surface area contributed by atoms with Crippen LogP contribution >= 0.6 is 0 Å². The average Bonchev–Trinajstić information content (AvgIpc) is 3.51. The third-order valence-electron chi connectivity index (χ3n) is 7.02. The number of ether oxygens (including phenoxy) is 1. The zero-order valence-electron chi connectivity index (χ0n) is 22.3. The zero-order chi connectivity index (χ0) is 25.0. The van der Waals surface area contributed by atoms with Gasteiger partial charge in [-0.15, -0.1) is 0 Å². The minimum atomic E-state index is -2.45. The molecule has 2 aromatic carbocycles. The molecule has 0 amide bonds. The van der Waals surface area contributed by atoms with E-state index in [1.54, 1.807) is 0 Å². The fourth-order valence-corrected chi connectivity index (χ4v) is 9.69. The van der Waals surface area contributed by atoms with Crippen LogP contribution in [-0.4, -0.2) is 26.5 Å². The maximum Gasteiger partial charge on any atom is 0.309 e. The Morgan fingerprint density at radius 1 is 0.912 bits per heavy atom. The van der Waals surface area contributed by atoms with Crippen molar-refractivity contribution in [2.75, 3.05) is 6.61 Å². The predicted molar refractivity (Wildman–Crippen MR) is 144 cm³/mol. The Balaban J connectivity index is 1.62. The molecule has 0 bridgehead atoms. The van der Waals surface area contributed by atoms with E-state index in [1.807, 2.05) is 27.7 Å². The normalized spacial score (nSPS) is 19.5. The van der Waals surface area contributed by atoms with E-state index < -0.39 is 13.9 Å². The second-order valence-corrected chi connectivity index (χ2v) is 16.4. The van der Waals surface area contributed by atoms with Gasteiger partial charge in [0.2, 0.25) is 0 Å². The van der Waals surface area contributed by atoms with Gasteiger partial charge in [-0.05, 0) is 60.9 Å². The van der Waals surface area contributed by atoms with Gasteiger partial charge in [0, 0.05) is 6.61 Å². The van der Waals surface area contributed by atoms with Gasteiger partial charge in [0.1, 0.15) is 5.60 Å². The van der Waals surface area contributed by atoms with Gasteiger partial charge >= 0.3 is 5.97 Å². The highest BCUT2D eigenvalue weighted by Crippen LogP contribution is 2.45. The van der Waals surface area contributed by atoms with Crippen molar-refractivity contribution in [2.24, 2.45) is 17.8 Å². The van der Waals surface area contributed by atoms with E-state index in [1.165, 1.54) is 23.2 Å². The highest BCUT2D eigenvalue weighted by Gasteiger charge is 2.51. The maximum absolute atomic E-state index is 12.3. The lowest BCUT2D eigenvalue weighted by Crippen LogP contribution is -2.66. The van der Waals surface area contributed by atoms with Crippen LogP contribution in [0.25, 0.3) is 0 Å². The highest BCUT2D eigenvalue weighted by molar-refractivity contribution is 6.99. The molecule has 3 rings (SSSR count). The summed E-state index contributed by atoms with van der Waals surface area (Å²) in [4.78, 5) is 12.3. The molecule has 0 N–H and O–H groups in total. The van der Waals surface area contributed by atoms with Crippen molar-refractivity contribution in [3.05, 3.63) is 60.7 Å². The van der Waals surface area contributed by atoms with Crippen LogP contribution in [0, 0.1) is 17.8 Å². The molecule has 1 fully saturated rings. The summed E-state index contributed by atoms with van der Waals surface area (Å²) in [5, 5.41) is 2.71. The van der Waals surface area contributed by atoms with Gasteiger partial charge in [-0.2, -0.15) is 0 Å². The topological polar surface area (TPSA) is 35.5 Å². The van der Waals surface area contributed by atoms with Crippen molar-refractivity contribution in [3.63, 3.8) is 0 Å². The Hall–Kier alpha value is -1.91. The second-order valence-electron chi connectivity index (χ2n) is 12.1. The molecule has 1 saturated carbocycles. The van der Waals surface area contributed by atoms with Crippen LogP contribution in [0.2, 0.25) is 5.04 Å². The molecule has 186 valence electrons. The van der Waals surface area contributed by atoms with Crippen molar-refractivity contribution in [1.82, 2.24) is 0 Å². The molecule has 4 heteroatoms.